The number of nitrogens with zero attached hydrogens (tertiary/aromatic N) is 3. The molecule has 1 fully saturated rings. The summed E-state index contributed by atoms with van der Waals surface area (Å²) in [5.41, 5.74) is 1.84. The van der Waals surface area contributed by atoms with E-state index in [2.05, 4.69) is 26.2 Å². The van der Waals surface area contributed by atoms with Crippen LogP contribution in [0.2, 0.25) is 0 Å². The molecule has 20 heavy (non-hydrogen) atoms. The van der Waals surface area contributed by atoms with Crippen LogP contribution in [0.5, 0.6) is 5.75 Å². The topological polar surface area (TPSA) is 63.0 Å². The lowest BCUT2D eigenvalue weighted by molar-refractivity contribution is 0.339. The van der Waals surface area contributed by atoms with Crippen LogP contribution in [0, 0.1) is 5.92 Å². The molecule has 0 radical (unpaired) electrons. The zero-order valence-corrected chi connectivity index (χ0v) is 13.6. The Bertz CT molecular complexity index is 613. The van der Waals surface area contributed by atoms with Crippen LogP contribution in [0.4, 0.5) is 0 Å². The van der Waals surface area contributed by atoms with Gasteiger partial charge < -0.3 is 9.29 Å². The third kappa shape index (κ3) is 3.10. The van der Waals surface area contributed by atoms with Gasteiger partial charge in [-0.05, 0) is 46.8 Å². The molecular formula is C13H16BrN3O2S. The van der Waals surface area contributed by atoms with Crippen molar-refractivity contribution in [2.24, 2.45) is 5.92 Å². The van der Waals surface area contributed by atoms with Crippen molar-refractivity contribution in [2.45, 2.75) is 19.4 Å². The molecule has 0 spiro atoms. The highest BCUT2D eigenvalue weighted by molar-refractivity contribution is 9.10. The van der Waals surface area contributed by atoms with E-state index in [4.69, 9.17) is 4.74 Å². The van der Waals surface area contributed by atoms with E-state index in [1.807, 2.05) is 16.8 Å². The van der Waals surface area contributed by atoms with E-state index in [9.17, 15) is 4.55 Å². The number of aromatic nitrogens is 3. The van der Waals surface area contributed by atoms with Crippen LogP contribution in [0.1, 0.15) is 12.8 Å². The Hall–Kier alpha value is -0.790. The van der Waals surface area contributed by atoms with E-state index in [1.165, 1.54) is 12.8 Å². The van der Waals surface area contributed by atoms with Crippen molar-refractivity contribution >= 4 is 38.1 Å². The smallest absolute Gasteiger partial charge is 0.139 e. The summed E-state index contributed by atoms with van der Waals surface area (Å²) in [5.74, 6) is 2.01. The van der Waals surface area contributed by atoms with Gasteiger partial charge in [0.25, 0.3) is 0 Å². The van der Waals surface area contributed by atoms with Crippen molar-refractivity contribution in [2.75, 3.05) is 18.6 Å². The molecule has 1 atom stereocenters. The fraction of sp³-hybridized carbons (Fsp3) is 0.538. The second-order valence-corrected chi connectivity index (χ2v) is 7.43. The van der Waals surface area contributed by atoms with Gasteiger partial charge in [-0.3, -0.25) is 0 Å². The number of ether oxygens (including phenoxy) is 1. The minimum atomic E-state index is -0.841. The van der Waals surface area contributed by atoms with Gasteiger partial charge in [0.2, 0.25) is 0 Å². The summed E-state index contributed by atoms with van der Waals surface area (Å²) < 4.78 is 19.5. The Morgan fingerprint density at radius 2 is 2.30 bits per heavy atom. The zero-order valence-electron chi connectivity index (χ0n) is 11.2. The van der Waals surface area contributed by atoms with Crippen LogP contribution in [0.15, 0.2) is 16.6 Å². The SMILES string of the molecule is C[S+]([O-])CCOc1ccc2c(nnn2CC2CC2)c1Br. The van der Waals surface area contributed by atoms with Gasteiger partial charge >= 0.3 is 0 Å². The molecule has 0 saturated heterocycles. The fourth-order valence-corrected chi connectivity index (χ4v) is 2.89. The molecule has 1 aliphatic rings. The number of hydrogen-bond donors (Lipinski definition) is 0. The van der Waals surface area contributed by atoms with Gasteiger partial charge in [0, 0.05) is 6.54 Å². The van der Waals surface area contributed by atoms with E-state index < -0.39 is 11.2 Å². The van der Waals surface area contributed by atoms with Crippen LogP contribution in [-0.2, 0) is 17.7 Å². The molecule has 0 aliphatic heterocycles. The Morgan fingerprint density at radius 3 is 3.00 bits per heavy atom. The summed E-state index contributed by atoms with van der Waals surface area (Å²) in [6, 6.07) is 3.90. The van der Waals surface area contributed by atoms with Crippen LogP contribution in [-0.4, -0.2) is 38.2 Å². The van der Waals surface area contributed by atoms with Crippen molar-refractivity contribution < 1.29 is 9.29 Å². The molecule has 1 saturated carbocycles. The first kappa shape index (κ1) is 14.2. The number of halogens is 1. The molecule has 0 bridgehead atoms. The molecule has 0 amide bonds. The molecule has 7 heteroatoms. The molecule has 3 rings (SSSR count). The molecule has 0 N–H and O–H groups in total. The van der Waals surface area contributed by atoms with E-state index in [0.29, 0.717) is 12.4 Å². The van der Waals surface area contributed by atoms with Crippen LogP contribution in [0.25, 0.3) is 11.0 Å². The van der Waals surface area contributed by atoms with Gasteiger partial charge in [0.1, 0.15) is 23.6 Å². The van der Waals surface area contributed by atoms with Crippen molar-refractivity contribution in [1.29, 1.82) is 0 Å². The predicted molar refractivity (Wildman–Crippen MR) is 82.4 cm³/mol. The number of fused-ring (bicyclic) bond motifs is 1. The highest BCUT2D eigenvalue weighted by atomic mass is 79.9. The largest absolute Gasteiger partial charge is 0.616 e. The zero-order chi connectivity index (χ0) is 14.1. The van der Waals surface area contributed by atoms with Crippen molar-refractivity contribution in [1.82, 2.24) is 15.0 Å². The Balaban J connectivity index is 1.79. The summed E-state index contributed by atoms with van der Waals surface area (Å²) in [6.07, 6.45) is 4.25. The minimum absolute atomic E-state index is 0.434. The van der Waals surface area contributed by atoms with E-state index in [-0.39, 0.29) is 0 Å². The number of rotatable bonds is 6. The molecule has 5 nitrogen and oxygen atoms in total. The van der Waals surface area contributed by atoms with Gasteiger partial charge in [-0.15, -0.1) is 5.10 Å². The van der Waals surface area contributed by atoms with E-state index in [1.54, 1.807) is 6.26 Å². The predicted octanol–water partition coefficient (Wildman–Crippen LogP) is 2.36. The first-order valence-corrected chi connectivity index (χ1v) is 9.11. The van der Waals surface area contributed by atoms with E-state index in [0.717, 1.165) is 33.7 Å². The molecule has 1 unspecified atom stereocenters. The molecular weight excluding hydrogens is 342 g/mol. The maximum absolute atomic E-state index is 11.0. The second kappa shape index (κ2) is 5.91. The maximum atomic E-state index is 11.0. The summed E-state index contributed by atoms with van der Waals surface area (Å²) in [4.78, 5) is 0. The minimum Gasteiger partial charge on any atom is -0.616 e. The summed E-state index contributed by atoms with van der Waals surface area (Å²) in [6.45, 7) is 1.38. The standard InChI is InChI=1S/C13H16BrN3O2S/c1-20(18)7-6-19-11-5-4-10-13(12(11)14)15-16-17(10)8-9-2-3-9/h4-5,9H,2-3,6-8H2,1H3. The third-order valence-corrected chi connectivity index (χ3v) is 4.85. The summed E-state index contributed by atoms with van der Waals surface area (Å²) >= 11 is 2.69. The van der Waals surface area contributed by atoms with Crippen LogP contribution >= 0.6 is 15.9 Å². The Labute approximate surface area is 129 Å². The Morgan fingerprint density at radius 1 is 1.50 bits per heavy atom. The second-order valence-electron chi connectivity index (χ2n) is 5.09. The normalized spacial score (nSPS) is 16.6. The first-order valence-electron chi connectivity index (χ1n) is 6.59. The third-order valence-electron chi connectivity index (χ3n) is 3.35. The molecule has 2 aromatic rings. The van der Waals surface area contributed by atoms with Crippen LogP contribution in [0.3, 0.4) is 0 Å². The summed E-state index contributed by atoms with van der Waals surface area (Å²) in [5, 5.41) is 8.45. The highest BCUT2D eigenvalue weighted by Gasteiger charge is 2.23. The molecule has 108 valence electrons. The van der Waals surface area contributed by atoms with E-state index >= 15 is 0 Å². The summed E-state index contributed by atoms with van der Waals surface area (Å²) in [7, 11) is 0. The lowest BCUT2D eigenvalue weighted by Crippen LogP contribution is -2.12. The Kier molecular flexibility index (Phi) is 4.18. The highest BCUT2D eigenvalue weighted by Crippen LogP contribution is 2.34. The lowest BCUT2D eigenvalue weighted by Gasteiger charge is -2.09. The molecule has 1 heterocycles. The molecule has 1 aromatic carbocycles. The van der Waals surface area contributed by atoms with Gasteiger partial charge in [0.15, 0.2) is 0 Å². The van der Waals surface area contributed by atoms with Crippen molar-refractivity contribution in [3.05, 3.63) is 16.6 Å². The van der Waals surface area contributed by atoms with Crippen molar-refractivity contribution in [3.8, 4) is 5.75 Å². The molecule has 1 aromatic heterocycles. The van der Waals surface area contributed by atoms with Gasteiger partial charge in [-0.1, -0.05) is 16.4 Å². The van der Waals surface area contributed by atoms with Gasteiger partial charge in [0.05, 0.1) is 16.2 Å². The average Bonchev–Trinajstić information content (AvgIpc) is 3.12. The monoisotopic (exact) mass is 357 g/mol. The lowest BCUT2D eigenvalue weighted by atomic mass is 10.3. The van der Waals surface area contributed by atoms with Gasteiger partial charge in [-0.25, -0.2) is 4.68 Å². The average molecular weight is 358 g/mol. The first-order chi connectivity index (χ1) is 9.65. The van der Waals surface area contributed by atoms with Gasteiger partial charge in [-0.2, -0.15) is 0 Å². The quantitative estimate of drug-likeness (QED) is 0.744. The number of benzene rings is 1. The van der Waals surface area contributed by atoms with Crippen LogP contribution < -0.4 is 4.74 Å². The van der Waals surface area contributed by atoms with Crippen molar-refractivity contribution in [3.63, 3.8) is 0 Å². The molecule has 1 aliphatic carbocycles. The maximum Gasteiger partial charge on any atom is 0.139 e. The number of hydrogen-bond acceptors (Lipinski definition) is 4. The fourth-order valence-electron chi connectivity index (χ4n) is 2.05.